The Labute approximate surface area is 254 Å². The molecule has 1 heterocycles. The number of alkyl halides is 5. The second kappa shape index (κ2) is 11.2. The average molecular weight is 628 g/mol. The highest BCUT2D eigenvalue weighted by Crippen LogP contribution is 2.61. The molecule has 1 aromatic rings. The Morgan fingerprint density at radius 3 is 2.27 bits per heavy atom. The van der Waals surface area contributed by atoms with Gasteiger partial charge < -0.3 is 14.6 Å². The molecule has 2 saturated carbocycles. The van der Waals surface area contributed by atoms with Gasteiger partial charge in [-0.05, 0) is 74.3 Å². The van der Waals surface area contributed by atoms with Gasteiger partial charge >= 0.3 is 12.1 Å². The van der Waals surface area contributed by atoms with Crippen LogP contribution in [0.1, 0.15) is 101 Å². The van der Waals surface area contributed by atoms with E-state index in [-0.39, 0.29) is 41.9 Å². The zero-order valence-corrected chi connectivity index (χ0v) is 25.7. The van der Waals surface area contributed by atoms with Gasteiger partial charge in [-0.25, -0.2) is 0 Å². The molecule has 0 radical (unpaired) electrons. The lowest BCUT2D eigenvalue weighted by atomic mass is 9.53. The van der Waals surface area contributed by atoms with E-state index in [2.05, 4.69) is 5.18 Å². The summed E-state index contributed by atoms with van der Waals surface area (Å²) in [5, 5.41) is 14.2. The highest BCUT2D eigenvalue weighted by atomic mass is 19.4. The molecule has 1 aromatic carbocycles. The van der Waals surface area contributed by atoms with E-state index in [4.69, 9.17) is 9.47 Å². The average Bonchev–Trinajstić information content (AvgIpc) is 2.97. The van der Waals surface area contributed by atoms with E-state index >= 15 is 0 Å². The van der Waals surface area contributed by atoms with Crippen molar-refractivity contribution in [1.29, 1.82) is 0 Å². The van der Waals surface area contributed by atoms with Crippen LogP contribution in [0, 0.1) is 28.1 Å². The van der Waals surface area contributed by atoms with E-state index in [1.165, 1.54) is 0 Å². The number of allylic oxidation sites excluding steroid dienone is 1. The Morgan fingerprint density at radius 2 is 1.70 bits per heavy atom. The SMILES string of the molecule is CC1C[C@H](c2ccc(C=O)cc2)C2=C3CCC4(C[C@]3(N=O)CCC2C1CCC(C)(O)C(F)(F)C(F)(F)F)OCC(C)(C)CO4. The van der Waals surface area contributed by atoms with Gasteiger partial charge in [0, 0.05) is 29.7 Å². The third kappa shape index (κ3) is 5.66. The lowest BCUT2D eigenvalue weighted by molar-refractivity contribution is -0.339. The van der Waals surface area contributed by atoms with Gasteiger partial charge in [-0.2, -0.15) is 22.0 Å². The third-order valence-corrected chi connectivity index (χ3v) is 10.8. The molecule has 44 heavy (non-hydrogen) atoms. The molecule has 0 aromatic heterocycles. The smallest absolute Gasteiger partial charge is 0.384 e. The van der Waals surface area contributed by atoms with Gasteiger partial charge in [0.2, 0.25) is 0 Å². The normalized spacial score (nSPS) is 33.2. The number of carbonyl (C=O) groups is 1. The number of aldehydes is 1. The molecular weight excluding hydrogens is 585 g/mol. The van der Waals surface area contributed by atoms with Crippen LogP contribution in [0.2, 0.25) is 0 Å². The molecule has 244 valence electrons. The number of carbonyl (C=O) groups excluding carboxylic acids is 1. The molecule has 1 spiro atoms. The van der Waals surface area contributed by atoms with Crippen LogP contribution in [0.3, 0.4) is 0 Å². The third-order valence-electron chi connectivity index (χ3n) is 10.8. The standard InChI is InChI=1S/C33H42F5NO5/c1-20-15-25(22-7-5-21(16-40)6-8-22)27-24(23(20)9-12-29(4,41)32(34,35)33(36,37)38)10-13-30(39-42)17-31(14-11-26(27)30)43-18-28(2,3)19-44-31/h5-8,16,20,23-25,41H,9-15,17-19H2,1-4H3/t20?,23?,24?,25-,29?,30-/m1/s1. The van der Waals surface area contributed by atoms with Crippen molar-refractivity contribution in [2.75, 3.05) is 13.2 Å². The van der Waals surface area contributed by atoms with E-state index in [1.807, 2.05) is 32.9 Å². The minimum atomic E-state index is -5.88. The largest absolute Gasteiger partial charge is 0.456 e. The van der Waals surface area contributed by atoms with Crippen molar-refractivity contribution in [1.82, 2.24) is 0 Å². The lowest BCUT2D eigenvalue weighted by Crippen LogP contribution is -2.57. The highest BCUT2D eigenvalue weighted by molar-refractivity contribution is 5.74. The van der Waals surface area contributed by atoms with Crippen LogP contribution >= 0.6 is 0 Å². The maximum absolute atomic E-state index is 14.3. The van der Waals surface area contributed by atoms with Crippen molar-refractivity contribution in [3.05, 3.63) is 51.4 Å². The zero-order chi connectivity index (χ0) is 32.3. The van der Waals surface area contributed by atoms with Crippen molar-refractivity contribution in [3.8, 4) is 0 Å². The fourth-order valence-electron chi connectivity index (χ4n) is 8.23. The number of aliphatic hydroxyl groups is 1. The Hall–Kier alpha value is -2.24. The molecule has 0 bridgehead atoms. The van der Waals surface area contributed by atoms with Crippen molar-refractivity contribution in [2.24, 2.45) is 28.3 Å². The predicted molar refractivity (Wildman–Crippen MR) is 153 cm³/mol. The first kappa shape index (κ1) is 33.1. The van der Waals surface area contributed by atoms with Crippen LogP contribution in [0.4, 0.5) is 22.0 Å². The van der Waals surface area contributed by atoms with E-state index in [0.717, 1.165) is 23.0 Å². The number of hydrogen-bond donors (Lipinski definition) is 1. The maximum Gasteiger partial charge on any atom is 0.456 e. The summed E-state index contributed by atoms with van der Waals surface area (Å²) in [7, 11) is 0. The van der Waals surface area contributed by atoms with Crippen LogP contribution in [0.25, 0.3) is 0 Å². The molecule has 3 fully saturated rings. The fourth-order valence-corrected chi connectivity index (χ4v) is 8.23. The molecule has 3 aliphatic carbocycles. The Bertz CT molecular complexity index is 1280. The minimum absolute atomic E-state index is 0.0369. The van der Waals surface area contributed by atoms with Gasteiger partial charge in [0.1, 0.15) is 17.4 Å². The van der Waals surface area contributed by atoms with Crippen LogP contribution in [0.5, 0.6) is 0 Å². The fraction of sp³-hybridized carbons (Fsp3) is 0.727. The van der Waals surface area contributed by atoms with Gasteiger partial charge in [-0.15, -0.1) is 4.91 Å². The summed E-state index contributed by atoms with van der Waals surface area (Å²) in [4.78, 5) is 24.2. The number of rotatable bonds is 7. The molecule has 0 amide bonds. The zero-order valence-electron chi connectivity index (χ0n) is 25.7. The van der Waals surface area contributed by atoms with Gasteiger partial charge in [0.05, 0.1) is 13.2 Å². The van der Waals surface area contributed by atoms with E-state index in [0.29, 0.717) is 57.8 Å². The van der Waals surface area contributed by atoms with Crippen LogP contribution in [-0.2, 0) is 9.47 Å². The molecule has 6 atom stereocenters. The van der Waals surface area contributed by atoms with Crippen molar-refractivity contribution in [3.63, 3.8) is 0 Å². The molecule has 4 aliphatic rings. The molecular formula is C33H42F5NO5. The quantitative estimate of drug-likeness (QED) is 0.143. The van der Waals surface area contributed by atoms with Crippen molar-refractivity contribution < 1.29 is 41.3 Å². The number of nitroso groups, excluding NO2 is 1. The summed E-state index contributed by atoms with van der Waals surface area (Å²) in [6.07, 6.45) is -3.21. The topological polar surface area (TPSA) is 85.2 Å². The molecule has 1 aliphatic heterocycles. The predicted octanol–water partition coefficient (Wildman–Crippen LogP) is 8.13. The Kier molecular flexibility index (Phi) is 8.45. The van der Waals surface area contributed by atoms with Gasteiger partial charge in [0.25, 0.3) is 0 Å². The summed E-state index contributed by atoms with van der Waals surface area (Å²) in [6.45, 7) is 7.56. The van der Waals surface area contributed by atoms with E-state index in [1.54, 1.807) is 12.1 Å². The Balaban J connectivity index is 1.53. The molecule has 11 heteroatoms. The number of nitrogens with zero attached hydrogens (tertiary/aromatic N) is 1. The van der Waals surface area contributed by atoms with E-state index < -0.39 is 35.4 Å². The summed E-state index contributed by atoms with van der Waals surface area (Å²) < 4.78 is 80.7. The van der Waals surface area contributed by atoms with Crippen LogP contribution in [0.15, 0.2) is 40.6 Å². The van der Waals surface area contributed by atoms with Crippen molar-refractivity contribution in [2.45, 2.75) is 114 Å². The van der Waals surface area contributed by atoms with Gasteiger partial charge in [-0.1, -0.05) is 55.8 Å². The minimum Gasteiger partial charge on any atom is -0.384 e. The summed E-state index contributed by atoms with van der Waals surface area (Å²) >= 11 is 0. The van der Waals surface area contributed by atoms with Crippen LogP contribution < -0.4 is 0 Å². The summed E-state index contributed by atoms with van der Waals surface area (Å²) in [5.74, 6) is -6.92. The van der Waals surface area contributed by atoms with Gasteiger partial charge in [-0.3, -0.25) is 4.79 Å². The lowest BCUT2D eigenvalue weighted by Gasteiger charge is -2.55. The van der Waals surface area contributed by atoms with E-state index in [9.17, 15) is 36.8 Å². The summed E-state index contributed by atoms with van der Waals surface area (Å²) in [5.41, 5.74) is -1.20. The number of halogens is 5. The molecule has 6 nitrogen and oxygen atoms in total. The molecule has 1 N–H and O–H groups in total. The first-order valence-electron chi connectivity index (χ1n) is 15.5. The highest BCUT2D eigenvalue weighted by Gasteiger charge is 2.68. The Morgan fingerprint density at radius 1 is 1.07 bits per heavy atom. The molecule has 4 unspecified atom stereocenters. The number of ether oxygens (including phenoxy) is 2. The van der Waals surface area contributed by atoms with Gasteiger partial charge in [0.15, 0.2) is 5.79 Å². The van der Waals surface area contributed by atoms with Crippen LogP contribution in [-0.4, -0.2) is 53.6 Å². The molecule has 1 saturated heterocycles. The number of benzene rings is 1. The maximum atomic E-state index is 14.3. The monoisotopic (exact) mass is 627 g/mol. The van der Waals surface area contributed by atoms with Crippen molar-refractivity contribution >= 4 is 6.29 Å². The first-order chi connectivity index (χ1) is 20.4. The molecule has 5 rings (SSSR count). The number of fused-ring (bicyclic) bond motifs is 2. The number of hydrogen-bond acceptors (Lipinski definition) is 6. The first-order valence-corrected chi connectivity index (χ1v) is 15.5. The second-order valence-corrected chi connectivity index (χ2v) is 14.6. The second-order valence-electron chi connectivity index (χ2n) is 14.6. The summed E-state index contributed by atoms with van der Waals surface area (Å²) in [6, 6.07) is 7.21.